The van der Waals surface area contributed by atoms with Crippen molar-refractivity contribution in [2.24, 2.45) is 28.1 Å². The van der Waals surface area contributed by atoms with Gasteiger partial charge in [-0.05, 0) is 31.6 Å². The van der Waals surface area contributed by atoms with Crippen LogP contribution in [0.25, 0.3) is 0 Å². The van der Waals surface area contributed by atoms with Crippen LogP contribution in [0.4, 0.5) is 0 Å². The van der Waals surface area contributed by atoms with E-state index >= 15 is 0 Å². The minimum Gasteiger partial charge on any atom is -0.480 e. The summed E-state index contributed by atoms with van der Waals surface area (Å²) in [5.41, 5.74) is 16.3. The Bertz CT molecular complexity index is 714. The number of nitrogens with one attached hydrogen (secondary N) is 2. The molecule has 1 fully saturated rings. The summed E-state index contributed by atoms with van der Waals surface area (Å²) < 4.78 is 0. The predicted octanol–water partition coefficient (Wildman–Crippen LogP) is -2.00. The maximum Gasteiger partial charge on any atom is 0.326 e. The fraction of sp³-hybridized carbons (Fsp3) is 0.737. The number of hydrogen-bond donors (Lipinski definition) is 7. The summed E-state index contributed by atoms with van der Waals surface area (Å²) in [4.78, 5) is 54.7. The third-order valence-corrected chi connectivity index (χ3v) is 5.58. The Morgan fingerprint density at radius 2 is 1.84 bits per heavy atom. The minimum absolute atomic E-state index is 0.0305. The van der Waals surface area contributed by atoms with Crippen LogP contribution in [0.1, 0.15) is 39.5 Å². The zero-order valence-corrected chi connectivity index (χ0v) is 19.4. The van der Waals surface area contributed by atoms with Crippen LogP contribution in [0, 0.1) is 5.92 Å². The quantitative estimate of drug-likeness (QED) is 0.0728. The number of thiol groups is 1. The number of carboxylic acid groups (broad SMARTS) is 1. The molecule has 0 aromatic carbocycles. The Labute approximate surface area is 193 Å². The van der Waals surface area contributed by atoms with E-state index in [1.165, 1.54) is 4.90 Å². The minimum atomic E-state index is -1.19. The van der Waals surface area contributed by atoms with E-state index in [9.17, 15) is 24.3 Å². The molecular weight excluding hydrogens is 438 g/mol. The van der Waals surface area contributed by atoms with Crippen LogP contribution in [-0.4, -0.2) is 82.7 Å². The van der Waals surface area contributed by atoms with Crippen molar-refractivity contribution in [2.45, 2.75) is 63.7 Å². The molecule has 182 valence electrons. The van der Waals surface area contributed by atoms with Gasteiger partial charge in [-0.2, -0.15) is 12.6 Å². The van der Waals surface area contributed by atoms with Crippen LogP contribution in [0.2, 0.25) is 0 Å². The maximum atomic E-state index is 13.0. The van der Waals surface area contributed by atoms with Crippen LogP contribution in [0.5, 0.6) is 0 Å². The van der Waals surface area contributed by atoms with Gasteiger partial charge in [-0.1, -0.05) is 13.8 Å². The molecule has 1 rings (SSSR count). The van der Waals surface area contributed by atoms with E-state index in [2.05, 4.69) is 28.3 Å². The lowest BCUT2D eigenvalue weighted by atomic mass is 10.0. The first-order valence-corrected chi connectivity index (χ1v) is 11.2. The summed E-state index contributed by atoms with van der Waals surface area (Å²) >= 11 is 4.16. The highest BCUT2D eigenvalue weighted by Gasteiger charge is 2.38. The van der Waals surface area contributed by atoms with E-state index in [-0.39, 0.29) is 30.6 Å². The first kappa shape index (κ1) is 27.5. The van der Waals surface area contributed by atoms with Crippen LogP contribution < -0.4 is 27.8 Å². The smallest absolute Gasteiger partial charge is 0.326 e. The van der Waals surface area contributed by atoms with Gasteiger partial charge < -0.3 is 37.8 Å². The molecule has 0 aliphatic carbocycles. The van der Waals surface area contributed by atoms with Crippen molar-refractivity contribution in [3.8, 4) is 0 Å². The van der Waals surface area contributed by atoms with Crippen molar-refractivity contribution in [3.05, 3.63) is 0 Å². The number of nitrogens with two attached hydrogens (primary N) is 3. The molecule has 4 atom stereocenters. The Balaban J connectivity index is 2.79. The Hall–Kier alpha value is -2.54. The maximum absolute atomic E-state index is 13.0. The average molecular weight is 474 g/mol. The van der Waals surface area contributed by atoms with Gasteiger partial charge in [0.15, 0.2) is 5.96 Å². The molecule has 12 nitrogen and oxygen atoms in total. The van der Waals surface area contributed by atoms with E-state index in [1.807, 2.05) is 0 Å². The molecule has 9 N–H and O–H groups in total. The highest BCUT2D eigenvalue weighted by atomic mass is 32.1. The number of likely N-dealkylation sites (tertiary alicyclic amines) is 1. The molecule has 1 saturated heterocycles. The lowest BCUT2D eigenvalue weighted by Gasteiger charge is -2.29. The standard InChI is InChI=1S/C19H35N7O5S/c1-10(2)14(20)16(28)25-12(9-32)17(29)26-8-4-6-13(26)15(27)24-11(18(30)31)5-3-7-23-19(21)22/h10-14,32H,3-9,20H2,1-2H3,(H,24,27)(H,25,28)(H,30,31)(H4,21,22,23). The Morgan fingerprint density at radius 1 is 1.19 bits per heavy atom. The highest BCUT2D eigenvalue weighted by Crippen LogP contribution is 2.19. The number of aliphatic carboxylic acids is 1. The molecule has 0 saturated carbocycles. The molecule has 1 aliphatic rings. The van der Waals surface area contributed by atoms with E-state index < -0.39 is 47.9 Å². The number of hydrogen-bond acceptors (Lipinski definition) is 7. The lowest BCUT2D eigenvalue weighted by Crippen LogP contribution is -2.57. The molecule has 0 spiro atoms. The van der Waals surface area contributed by atoms with Gasteiger partial charge in [-0.25, -0.2) is 4.79 Å². The number of carbonyl (C=O) groups is 4. The molecule has 13 heteroatoms. The summed E-state index contributed by atoms with van der Waals surface area (Å²) in [6.45, 7) is 4.13. The monoisotopic (exact) mass is 473 g/mol. The first-order valence-electron chi connectivity index (χ1n) is 10.5. The predicted molar refractivity (Wildman–Crippen MR) is 123 cm³/mol. The van der Waals surface area contributed by atoms with Crippen LogP contribution in [-0.2, 0) is 19.2 Å². The Kier molecular flexibility index (Phi) is 11.3. The molecule has 3 amide bonds. The molecule has 0 aromatic heterocycles. The van der Waals surface area contributed by atoms with E-state index in [1.54, 1.807) is 13.8 Å². The summed E-state index contributed by atoms with van der Waals surface area (Å²) in [5.74, 6) is -2.86. The second-order valence-electron chi connectivity index (χ2n) is 8.05. The van der Waals surface area contributed by atoms with Crippen LogP contribution >= 0.6 is 12.6 Å². The molecular formula is C19H35N7O5S. The van der Waals surface area contributed by atoms with Crippen molar-refractivity contribution >= 4 is 42.3 Å². The fourth-order valence-corrected chi connectivity index (χ4v) is 3.54. The van der Waals surface area contributed by atoms with Gasteiger partial charge >= 0.3 is 5.97 Å². The fourth-order valence-electron chi connectivity index (χ4n) is 3.29. The number of aliphatic imine (C=N–C) groups is 1. The van der Waals surface area contributed by atoms with Gasteiger partial charge in [-0.3, -0.25) is 19.4 Å². The zero-order valence-electron chi connectivity index (χ0n) is 18.5. The SMILES string of the molecule is CC(C)C(N)C(=O)NC(CS)C(=O)N1CCCC1C(=O)NC(CCCN=C(N)N)C(=O)O. The molecule has 0 aromatic rings. The van der Waals surface area contributed by atoms with E-state index in [0.717, 1.165) is 0 Å². The largest absolute Gasteiger partial charge is 0.480 e. The average Bonchev–Trinajstić information content (AvgIpc) is 3.22. The summed E-state index contributed by atoms with van der Waals surface area (Å²) in [6, 6.07) is -3.70. The summed E-state index contributed by atoms with van der Waals surface area (Å²) in [5, 5.41) is 14.5. The topological polar surface area (TPSA) is 206 Å². The van der Waals surface area contributed by atoms with Gasteiger partial charge in [0, 0.05) is 18.8 Å². The van der Waals surface area contributed by atoms with Gasteiger partial charge in [0.05, 0.1) is 6.04 Å². The van der Waals surface area contributed by atoms with Gasteiger partial charge in [0.2, 0.25) is 17.7 Å². The number of guanidine groups is 1. The molecule has 1 heterocycles. The number of carbonyl (C=O) groups excluding carboxylic acids is 3. The van der Waals surface area contributed by atoms with Crippen molar-refractivity contribution in [1.82, 2.24) is 15.5 Å². The van der Waals surface area contributed by atoms with Gasteiger partial charge in [0.1, 0.15) is 18.1 Å². The van der Waals surface area contributed by atoms with E-state index in [0.29, 0.717) is 25.8 Å². The number of amides is 3. The second-order valence-corrected chi connectivity index (χ2v) is 8.42. The molecule has 0 radical (unpaired) electrons. The van der Waals surface area contributed by atoms with Gasteiger partial charge in [0.25, 0.3) is 0 Å². The number of rotatable bonds is 12. The van der Waals surface area contributed by atoms with Crippen molar-refractivity contribution in [2.75, 3.05) is 18.8 Å². The Morgan fingerprint density at radius 3 is 2.38 bits per heavy atom. The number of nitrogens with zero attached hydrogens (tertiary/aromatic N) is 2. The zero-order chi connectivity index (χ0) is 24.4. The number of carboxylic acids is 1. The van der Waals surface area contributed by atoms with Crippen molar-refractivity contribution < 1.29 is 24.3 Å². The molecule has 0 bridgehead atoms. The van der Waals surface area contributed by atoms with Crippen LogP contribution in [0.3, 0.4) is 0 Å². The molecule has 32 heavy (non-hydrogen) atoms. The lowest BCUT2D eigenvalue weighted by molar-refractivity contribution is -0.144. The van der Waals surface area contributed by atoms with Gasteiger partial charge in [-0.15, -0.1) is 0 Å². The highest BCUT2D eigenvalue weighted by molar-refractivity contribution is 7.80. The third-order valence-electron chi connectivity index (χ3n) is 5.22. The molecule has 1 aliphatic heterocycles. The first-order chi connectivity index (χ1) is 15.0. The second kappa shape index (κ2) is 13.1. The summed E-state index contributed by atoms with van der Waals surface area (Å²) in [6.07, 6.45) is 1.44. The van der Waals surface area contributed by atoms with Crippen LogP contribution in [0.15, 0.2) is 4.99 Å². The summed E-state index contributed by atoms with van der Waals surface area (Å²) in [7, 11) is 0. The third kappa shape index (κ3) is 8.19. The van der Waals surface area contributed by atoms with Crippen molar-refractivity contribution in [3.63, 3.8) is 0 Å². The van der Waals surface area contributed by atoms with Crippen molar-refractivity contribution in [1.29, 1.82) is 0 Å². The normalized spacial score (nSPS) is 18.5. The van der Waals surface area contributed by atoms with E-state index in [4.69, 9.17) is 17.2 Å². The molecule has 4 unspecified atom stereocenters.